The zero-order chi connectivity index (χ0) is 14.2. The highest BCUT2D eigenvalue weighted by molar-refractivity contribution is 7.18. The molecule has 19 heavy (non-hydrogen) atoms. The molecule has 0 bridgehead atoms. The lowest BCUT2D eigenvalue weighted by Gasteiger charge is -2.39. The van der Waals surface area contributed by atoms with Crippen LogP contribution in [0, 0.1) is 0 Å². The topological polar surface area (TPSA) is 66.5 Å². The van der Waals surface area contributed by atoms with Crippen molar-refractivity contribution < 1.29 is 14.4 Å². The van der Waals surface area contributed by atoms with E-state index in [-0.39, 0.29) is 30.7 Å². The second-order valence-electron chi connectivity index (χ2n) is 4.82. The number of nitrogens with one attached hydrogen (secondary N) is 1. The molecule has 2 heterocycles. The monoisotopic (exact) mass is 300 g/mol. The molecule has 0 aromatic carbocycles. The van der Waals surface area contributed by atoms with Gasteiger partial charge in [0.05, 0.1) is 27.8 Å². The number of hydrogen-bond acceptors (Lipinski definition) is 5. The minimum absolute atomic E-state index is 0.0169. The molecule has 1 aromatic heterocycles. The minimum atomic E-state index is -0.884. The van der Waals surface area contributed by atoms with Gasteiger partial charge in [0, 0.05) is 0 Å². The Morgan fingerprint density at radius 2 is 2.16 bits per heavy atom. The zero-order valence-electron chi connectivity index (χ0n) is 10.5. The molecule has 102 valence electrons. The number of carbonyl (C=O) groups is 3. The number of nitrogens with zero attached hydrogens (tertiary/aromatic N) is 1. The molecule has 1 fully saturated rings. The third-order valence-electron chi connectivity index (χ3n) is 3.12. The third-order valence-corrected chi connectivity index (χ3v) is 4.39. The van der Waals surface area contributed by atoms with Crippen LogP contribution >= 0.6 is 22.9 Å². The van der Waals surface area contributed by atoms with E-state index in [1.54, 1.807) is 30.9 Å². The molecule has 2 rings (SSSR count). The molecule has 1 aliphatic rings. The number of carbonyl (C=O) groups excluding carboxylic acids is 3. The highest BCUT2D eigenvalue weighted by Crippen LogP contribution is 2.24. The number of hydrogen-bond donors (Lipinski definition) is 1. The van der Waals surface area contributed by atoms with Crippen LogP contribution in [-0.2, 0) is 9.59 Å². The maximum Gasteiger partial charge on any atom is 0.246 e. The van der Waals surface area contributed by atoms with Gasteiger partial charge in [0.2, 0.25) is 11.8 Å². The molecule has 1 aliphatic heterocycles. The summed E-state index contributed by atoms with van der Waals surface area (Å²) in [6, 6.07) is 3.30. The van der Waals surface area contributed by atoms with Gasteiger partial charge in [0.15, 0.2) is 5.78 Å². The first-order valence-electron chi connectivity index (χ1n) is 5.68. The first-order valence-corrected chi connectivity index (χ1v) is 6.88. The molecule has 2 amide bonds. The molecule has 1 aromatic rings. The van der Waals surface area contributed by atoms with E-state index < -0.39 is 5.54 Å². The number of thiophene rings is 1. The number of imide groups is 1. The molecule has 0 unspecified atom stereocenters. The second kappa shape index (κ2) is 5.03. The summed E-state index contributed by atoms with van der Waals surface area (Å²) in [6.45, 7) is 3.42. The van der Waals surface area contributed by atoms with Gasteiger partial charge in [-0.3, -0.25) is 24.6 Å². The summed E-state index contributed by atoms with van der Waals surface area (Å²) in [5.74, 6) is -0.922. The van der Waals surface area contributed by atoms with Crippen molar-refractivity contribution in [1.29, 1.82) is 0 Å². The number of Topliss-reactive ketones (excluding diaryl/α,β-unsaturated/α-hetero) is 1. The van der Waals surface area contributed by atoms with Gasteiger partial charge in [-0.15, -0.1) is 11.3 Å². The van der Waals surface area contributed by atoms with Crippen molar-refractivity contribution in [1.82, 2.24) is 10.2 Å². The van der Waals surface area contributed by atoms with Crippen LogP contribution in [0.3, 0.4) is 0 Å². The van der Waals surface area contributed by atoms with Crippen molar-refractivity contribution >= 4 is 40.5 Å². The molecular formula is C12H13ClN2O3S. The number of rotatable bonds is 3. The Bertz CT molecular complexity index is 553. The van der Waals surface area contributed by atoms with Gasteiger partial charge < -0.3 is 0 Å². The Morgan fingerprint density at radius 3 is 2.74 bits per heavy atom. The number of piperazine rings is 1. The van der Waals surface area contributed by atoms with Gasteiger partial charge in [-0.25, -0.2) is 0 Å². The Kier molecular flexibility index (Phi) is 3.75. The normalized spacial score (nSPS) is 19.3. The van der Waals surface area contributed by atoms with Crippen molar-refractivity contribution in [3.8, 4) is 0 Å². The Morgan fingerprint density at radius 1 is 1.47 bits per heavy atom. The molecule has 0 radical (unpaired) electrons. The van der Waals surface area contributed by atoms with E-state index in [2.05, 4.69) is 5.32 Å². The Balaban J connectivity index is 2.15. The van der Waals surface area contributed by atoms with Crippen LogP contribution in [-0.4, -0.2) is 41.1 Å². The van der Waals surface area contributed by atoms with Gasteiger partial charge in [0.1, 0.15) is 0 Å². The molecule has 0 atom stereocenters. The van der Waals surface area contributed by atoms with E-state index in [0.29, 0.717) is 9.21 Å². The molecular weight excluding hydrogens is 288 g/mol. The average molecular weight is 301 g/mol. The molecule has 0 aliphatic carbocycles. The van der Waals surface area contributed by atoms with Crippen molar-refractivity contribution in [3.05, 3.63) is 21.3 Å². The molecule has 0 saturated carbocycles. The first-order chi connectivity index (χ1) is 8.80. The van der Waals surface area contributed by atoms with Crippen LogP contribution in [0.4, 0.5) is 0 Å². The van der Waals surface area contributed by atoms with Crippen LogP contribution in [0.5, 0.6) is 0 Å². The predicted molar refractivity (Wildman–Crippen MR) is 72.5 cm³/mol. The molecule has 0 spiro atoms. The van der Waals surface area contributed by atoms with Crippen LogP contribution in [0.1, 0.15) is 23.5 Å². The number of amides is 2. The molecule has 7 heteroatoms. The Hall–Kier alpha value is -1.24. The second-order valence-corrected chi connectivity index (χ2v) is 6.53. The maximum absolute atomic E-state index is 12.1. The lowest BCUT2D eigenvalue weighted by molar-refractivity contribution is -0.144. The fourth-order valence-corrected chi connectivity index (χ4v) is 2.78. The summed E-state index contributed by atoms with van der Waals surface area (Å²) in [4.78, 5) is 37.3. The Labute approximate surface area is 119 Å². The minimum Gasteiger partial charge on any atom is -0.294 e. The summed E-state index contributed by atoms with van der Waals surface area (Å²) >= 11 is 6.97. The van der Waals surface area contributed by atoms with Crippen LogP contribution < -0.4 is 5.32 Å². The van der Waals surface area contributed by atoms with Crippen LogP contribution in [0.15, 0.2) is 12.1 Å². The fraction of sp³-hybridized carbons (Fsp3) is 0.417. The van der Waals surface area contributed by atoms with E-state index in [9.17, 15) is 14.4 Å². The van der Waals surface area contributed by atoms with E-state index in [1.807, 2.05) is 0 Å². The summed E-state index contributed by atoms with van der Waals surface area (Å²) in [6.07, 6.45) is 0. The maximum atomic E-state index is 12.1. The van der Waals surface area contributed by atoms with Gasteiger partial charge in [-0.2, -0.15) is 0 Å². The van der Waals surface area contributed by atoms with E-state index in [1.165, 1.54) is 11.3 Å². The summed E-state index contributed by atoms with van der Waals surface area (Å²) in [5.41, 5.74) is -0.884. The SMILES string of the molecule is CC1(C)C(=O)NC(=O)CN1CC(=O)c1ccc(Cl)s1. The predicted octanol–water partition coefficient (Wildman–Crippen LogP) is 1.32. The zero-order valence-corrected chi connectivity index (χ0v) is 12.1. The smallest absolute Gasteiger partial charge is 0.246 e. The third kappa shape index (κ3) is 2.86. The largest absolute Gasteiger partial charge is 0.294 e. The van der Waals surface area contributed by atoms with Crippen molar-refractivity contribution in [2.24, 2.45) is 0 Å². The first kappa shape index (κ1) is 14.2. The fourth-order valence-electron chi connectivity index (χ4n) is 1.80. The van der Waals surface area contributed by atoms with E-state index in [4.69, 9.17) is 11.6 Å². The summed E-state index contributed by atoms with van der Waals surface area (Å²) in [5, 5.41) is 2.27. The quantitative estimate of drug-likeness (QED) is 0.675. The molecule has 1 saturated heterocycles. The lowest BCUT2D eigenvalue weighted by atomic mass is 9.98. The van der Waals surface area contributed by atoms with Crippen molar-refractivity contribution in [2.75, 3.05) is 13.1 Å². The summed E-state index contributed by atoms with van der Waals surface area (Å²) < 4.78 is 0.537. The highest BCUT2D eigenvalue weighted by atomic mass is 35.5. The summed E-state index contributed by atoms with van der Waals surface area (Å²) in [7, 11) is 0. The van der Waals surface area contributed by atoms with Crippen LogP contribution in [0.2, 0.25) is 4.34 Å². The average Bonchev–Trinajstić information content (AvgIpc) is 2.73. The van der Waals surface area contributed by atoms with Gasteiger partial charge in [-0.1, -0.05) is 11.6 Å². The highest BCUT2D eigenvalue weighted by Gasteiger charge is 2.41. The lowest BCUT2D eigenvalue weighted by Crippen LogP contribution is -2.64. The van der Waals surface area contributed by atoms with E-state index >= 15 is 0 Å². The van der Waals surface area contributed by atoms with Crippen LogP contribution in [0.25, 0.3) is 0 Å². The molecule has 1 N–H and O–H groups in total. The van der Waals surface area contributed by atoms with Gasteiger partial charge in [-0.05, 0) is 26.0 Å². The van der Waals surface area contributed by atoms with Gasteiger partial charge in [0.25, 0.3) is 0 Å². The van der Waals surface area contributed by atoms with Crippen molar-refractivity contribution in [2.45, 2.75) is 19.4 Å². The standard InChI is InChI=1S/C12H13ClN2O3S/c1-12(2)11(18)14-10(17)6-15(12)5-7(16)8-3-4-9(13)19-8/h3-4H,5-6H2,1-2H3,(H,14,17,18). The molecule has 5 nitrogen and oxygen atoms in total. The van der Waals surface area contributed by atoms with Crippen molar-refractivity contribution in [3.63, 3.8) is 0 Å². The van der Waals surface area contributed by atoms with E-state index in [0.717, 1.165) is 0 Å². The van der Waals surface area contributed by atoms with Gasteiger partial charge >= 0.3 is 0 Å². The number of halogens is 1. The number of ketones is 1.